The predicted octanol–water partition coefficient (Wildman–Crippen LogP) is 2.97. The molecule has 1 N–H and O–H groups in total. The van der Waals surface area contributed by atoms with Gasteiger partial charge in [0.1, 0.15) is 5.82 Å². The van der Waals surface area contributed by atoms with Gasteiger partial charge in [0, 0.05) is 37.7 Å². The van der Waals surface area contributed by atoms with Crippen molar-refractivity contribution in [1.29, 1.82) is 0 Å². The van der Waals surface area contributed by atoms with Crippen molar-refractivity contribution < 1.29 is 4.74 Å². The lowest BCUT2D eigenvalue weighted by Gasteiger charge is -2.06. The number of anilines is 1. The molecule has 0 aliphatic rings. The maximum absolute atomic E-state index is 5.50. The number of ether oxygens (including phenoxy) is 1. The van der Waals surface area contributed by atoms with E-state index in [2.05, 4.69) is 35.4 Å². The number of aryl methyl sites for hydroxylation is 1. The lowest BCUT2D eigenvalue weighted by Crippen LogP contribution is -2.08. The smallest absolute Gasteiger partial charge is 0.202 e. The van der Waals surface area contributed by atoms with Crippen LogP contribution in [-0.4, -0.2) is 29.1 Å². The summed E-state index contributed by atoms with van der Waals surface area (Å²) in [6, 6.07) is 0. The number of nitrogens with one attached hydrogen (secondary N) is 1. The van der Waals surface area contributed by atoms with Crippen molar-refractivity contribution in [2.75, 3.05) is 25.1 Å². The third-order valence-electron chi connectivity index (χ3n) is 2.13. The molecule has 0 spiro atoms. The average Bonchev–Trinajstić information content (AvgIpc) is 2.71. The predicted molar refractivity (Wildman–Crippen MR) is 72.7 cm³/mol. The topological polar surface area (TPSA) is 47.0 Å². The minimum Gasteiger partial charge on any atom is -0.381 e. The van der Waals surface area contributed by atoms with Crippen LogP contribution < -0.4 is 5.32 Å². The van der Waals surface area contributed by atoms with E-state index in [1.807, 2.05) is 0 Å². The standard InChI is InChI=1S/C12H23N3OS/c1-4-6-11-14-12(17-15-11)13-7-5-8-16-9-10(2)3/h10H,4-9H2,1-3H3,(H,13,14,15). The van der Waals surface area contributed by atoms with Crippen LogP contribution in [0.5, 0.6) is 0 Å². The van der Waals surface area contributed by atoms with Gasteiger partial charge in [-0.1, -0.05) is 20.8 Å². The summed E-state index contributed by atoms with van der Waals surface area (Å²) in [4.78, 5) is 4.40. The van der Waals surface area contributed by atoms with Crippen LogP contribution >= 0.6 is 11.5 Å². The quantitative estimate of drug-likeness (QED) is 0.691. The molecule has 0 amide bonds. The summed E-state index contributed by atoms with van der Waals surface area (Å²) in [7, 11) is 0. The van der Waals surface area contributed by atoms with Crippen molar-refractivity contribution in [2.24, 2.45) is 5.92 Å². The van der Waals surface area contributed by atoms with Gasteiger partial charge in [0.15, 0.2) is 0 Å². The van der Waals surface area contributed by atoms with Gasteiger partial charge >= 0.3 is 0 Å². The first-order valence-corrected chi connectivity index (χ1v) is 7.14. The van der Waals surface area contributed by atoms with E-state index in [-0.39, 0.29) is 0 Å². The zero-order valence-corrected chi connectivity index (χ0v) is 11.8. The Balaban J connectivity index is 2.05. The molecule has 98 valence electrons. The molecule has 0 radical (unpaired) electrons. The van der Waals surface area contributed by atoms with Crippen LogP contribution in [0, 0.1) is 5.92 Å². The van der Waals surface area contributed by atoms with Gasteiger partial charge in [-0.25, -0.2) is 4.98 Å². The van der Waals surface area contributed by atoms with Crippen molar-refractivity contribution in [3.05, 3.63) is 5.82 Å². The summed E-state index contributed by atoms with van der Waals surface area (Å²) < 4.78 is 9.79. The Hall–Kier alpha value is -0.680. The van der Waals surface area contributed by atoms with Crippen molar-refractivity contribution in [2.45, 2.75) is 40.0 Å². The first-order valence-electron chi connectivity index (χ1n) is 6.36. The Labute approximate surface area is 108 Å². The Morgan fingerprint density at radius 3 is 2.94 bits per heavy atom. The van der Waals surface area contributed by atoms with E-state index >= 15 is 0 Å². The molecule has 0 unspecified atom stereocenters. The molecule has 1 aromatic rings. The SMILES string of the molecule is CCCc1nsc(NCCCOCC(C)C)n1. The van der Waals surface area contributed by atoms with Crippen molar-refractivity contribution in [3.63, 3.8) is 0 Å². The van der Waals surface area contributed by atoms with Crippen molar-refractivity contribution in [1.82, 2.24) is 9.36 Å². The largest absolute Gasteiger partial charge is 0.381 e. The van der Waals surface area contributed by atoms with Crippen LogP contribution in [0.1, 0.15) is 39.4 Å². The van der Waals surface area contributed by atoms with Crippen LogP contribution in [0.3, 0.4) is 0 Å². The normalized spacial score (nSPS) is 11.1. The van der Waals surface area contributed by atoms with E-state index in [1.54, 1.807) is 0 Å². The van der Waals surface area contributed by atoms with E-state index < -0.39 is 0 Å². The molecule has 0 aromatic carbocycles. The van der Waals surface area contributed by atoms with Gasteiger partial charge < -0.3 is 10.1 Å². The lowest BCUT2D eigenvalue weighted by molar-refractivity contribution is 0.110. The highest BCUT2D eigenvalue weighted by Gasteiger charge is 2.01. The second kappa shape index (κ2) is 8.42. The highest BCUT2D eigenvalue weighted by Crippen LogP contribution is 2.11. The zero-order valence-electron chi connectivity index (χ0n) is 11.0. The molecule has 0 fully saturated rings. The Bertz CT molecular complexity index is 302. The van der Waals surface area contributed by atoms with Gasteiger partial charge in [-0.3, -0.25) is 0 Å². The van der Waals surface area contributed by atoms with E-state index in [9.17, 15) is 0 Å². The van der Waals surface area contributed by atoms with Crippen LogP contribution in [0.15, 0.2) is 0 Å². The third-order valence-corrected chi connectivity index (χ3v) is 2.85. The fraction of sp³-hybridized carbons (Fsp3) is 0.833. The second-order valence-electron chi connectivity index (χ2n) is 4.51. The molecule has 0 saturated carbocycles. The third kappa shape index (κ3) is 6.58. The highest BCUT2D eigenvalue weighted by molar-refractivity contribution is 7.09. The fourth-order valence-electron chi connectivity index (χ4n) is 1.34. The van der Waals surface area contributed by atoms with Crippen LogP contribution in [0.2, 0.25) is 0 Å². The van der Waals surface area contributed by atoms with E-state index in [4.69, 9.17) is 4.74 Å². The molecular formula is C12H23N3OS. The molecule has 4 nitrogen and oxygen atoms in total. The second-order valence-corrected chi connectivity index (χ2v) is 5.27. The molecule has 0 aliphatic carbocycles. The minimum atomic E-state index is 0.614. The maximum atomic E-state index is 5.50. The number of hydrogen-bond donors (Lipinski definition) is 1. The number of nitrogens with zero attached hydrogens (tertiary/aromatic N) is 2. The Kier molecular flexibility index (Phi) is 7.12. The van der Waals surface area contributed by atoms with Crippen LogP contribution in [0.25, 0.3) is 0 Å². The maximum Gasteiger partial charge on any atom is 0.202 e. The van der Waals surface area contributed by atoms with Crippen LogP contribution in [0.4, 0.5) is 5.13 Å². The number of aromatic nitrogens is 2. The van der Waals surface area contributed by atoms with Crippen LogP contribution in [-0.2, 0) is 11.2 Å². The molecule has 5 heteroatoms. The minimum absolute atomic E-state index is 0.614. The van der Waals surface area contributed by atoms with Crippen molar-refractivity contribution in [3.8, 4) is 0 Å². The highest BCUT2D eigenvalue weighted by atomic mass is 32.1. The molecule has 0 atom stereocenters. The molecule has 1 rings (SSSR count). The molecule has 0 aliphatic heterocycles. The van der Waals surface area contributed by atoms with Gasteiger partial charge in [0.25, 0.3) is 0 Å². The van der Waals surface area contributed by atoms with E-state index in [0.717, 1.165) is 50.0 Å². The monoisotopic (exact) mass is 257 g/mol. The first kappa shape index (κ1) is 14.4. The summed E-state index contributed by atoms with van der Waals surface area (Å²) in [5, 5.41) is 4.20. The van der Waals surface area contributed by atoms with E-state index in [1.165, 1.54) is 11.5 Å². The summed E-state index contributed by atoms with van der Waals surface area (Å²) >= 11 is 1.45. The summed E-state index contributed by atoms with van der Waals surface area (Å²) in [5.74, 6) is 1.57. The molecule has 17 heavy (non-hydrogen) atoms. The van der Waals surface area contributed by atoms with Gasteiger partial charge in [-0.2, -0.15) is 4.37 Å². The number of rotatable bonds is 9. The van der Waals surface area contributed by atoms with Gasteiger partial charge in [-0.15, -0.1) is 0 Å². The fourth-order valence-corrected chi connectivity index (χ4v) is 1.98. The number of hydrogen-bond acceptors (Lipinski definition) is 5. The van der Waals surface area contributed by atoms with Crippen molar-refractivity contribution >= 4 is 16.7 Å². The summed E-state index contributed by atoms with van der Waals surface area (Å²) in [6.45, 7) is 9.02. The first-order chi connectivity index (χ1) is 8.22. The molecule has 0 saturated heterocycles. The zero-order chi connectivity index (χ0) is 12.5. The summed E-state index contributed by atoms with van der Waals surface area (Å²) in [5.41, 5.74) is 0. The van der Waals surface area contributed by atoms with E-state index in [0.29, 0.717) is 5.92 Å². The summed E-state index contributed by atoms with van der Waals surface area (Å²) in [6.07, 6.45) is 3.07. The molecule has 1 heterocycles. The molecule has 1 aromatic heterocycles. The lowest BCUT2D eigenvalue weighted by atomic mass is 10.2. The molecule has 0 bridgehead atoms. The van der Waals surface area contributed by atoms with Gasteiger partial charge in [0.05, 0.1) is 0 Å². The Morgan fingerprint density at radius 2 is 2.24 bits per heavy atom. The molecular weight excluding hydrogens is 234 g/mol. The van der Waals surface area contributed by atoms with Gasteiger partial charge in [0.2, 0.25) is 5.13 Å². The van der Waals surface area contributed by atoms with Gasteiger partial charge in [-0.05, 0) is 18.8 Å². The average molecular weight is 257 g/mol. The Morgan fingerprint density at radius 1 is 1.41 bits per heavy atom.